The van der Waals surface area contributed by atoms with Crippen molar-refractivity contribution in [3.05, 3.63) is 53.2 Å². The highest BCUT2D eigenvalue weighted by Gasteiger charge is 2.44. The molecule has 4 rings (SSSR count). The van der Waals surface area contributed by atoms with Crippen molar-refractivity contribution in [1.82, 2.24) is 9.88 Å². The highest BCUT2D eigenvalue weighted by atomic mass is 19.1. The zero-order valence-electron chi connectivity index (χ0n) is 16.8. The summed E-state index contributed by atoms with van der Waals surface area (Å²) in [5.41, 5.74) is 1.99. The van der Waals surface area contributed by atoms with Crippen LogP contribution in [0.3, 0.4) is 0 Å². The average Bonchev–Trinajstić information content (AvgIpc) is 3.00. The van der Waals surface area contributed by atoms with Gasteiger partial charge in [-0.1, -0.05) is 18.2 Å². The molecule has 0 aliphatic carbocycles. The number of rotatable bonds is 2. The van der Waals surface area contributed by atoms with E-state index in [1.165, 1.54) is 6.07 Å². The summed E-state index contributed by atoms with van der Waals surface area (Å²) in [4.78, 5) is 5.10. The zero-order chi connectivity index (χ0) is 20.4. The fraction of sp³-hybridized carbons (Fsp3) is 0.364. The number of hydrogen-bond acceptors (Lipinski definition) is 3. The van der Waals surface area contributed by atoms with Crippen molar-refractivity contribution in [2.75, 3.05) is 19.2 Å². The van der Waals surface area contributed by atoms with E-state index >= 15 is 8.78 Å². The first-order valence-electron chi connectivity index (χ1n) is 9.38. The Kier molecular flexibility index (Phi) is 4.25. The first-order valence-corrected chi connectivity index (χ1v) is 9.38. The lowest BCUT2D eigenvalue weighted by Gasteiger charge is -2.48. The third-order valence-corrected chi connectivity index (χ3v) is 6.10. The van der Waals surface area contributed by atoms with Crippen molar-refractivity contribution in [1.29, 1.82) is 0 Å². The Balaban J connectivity index is 1.97. The number of para-hydroxylation sites is 1. The minimum Gasteiger partial charge on any atom is -0.360 e. The number of H-pyrrole nitrogens is 1. The summed E-state index contributed by atoms with van der Waals surface area (Å²) in [6.07, 6.45) is 2.22. The van der Waals surface area contributed by atoms with E-state index in [-0.39, 0.29) is 17.3 Å². The average molecular weight is 385 g/mol. The monoisotopic (exact) mass is 385 g/mol. The van der Waals surface area contributed by atoms with Gasteiger partial charge in [-0.15, -0.1) is 0 Å². The minimum atomic E-state index is -0.687. The number of aryl methyl sites for hydroxylation is 1. The number of nitrogens with zero attached hydrogens (tertiary/aromatic N) is 2. The number of aromatic nitrogens is 1. The molecule has 1 aromatic heterocycles. The molecule has 2 N–H and O–H groups in total. The molecule has 6 heteroatoms. The van der Waals surface area contributed by atoms with Gasteiger partial charge in [0.15, 0.2) is 0 Å². The van der Waals surface area contributed by atoms with Crippen LogP contribution < -0.4 is 5.06 Å². The molecule has 0 spiro atoms. The predicted octanol–water partition coefficient (Wildman–Crippen LogP) is 4.88. The summed E-state index contributed by atoms with van der Waals surface area (Å²) in [7, 11) is 3.80. The molecule has 0 bridgehead atoms. The largest absolute Gasteiger partial charge is 0.360 e. The Hall–Kier alpha value is -2.44. The fourth-order valence-electron chi connectivity index (χ4n) is 4.49. The molecule has 3 aromatic rings. The fourth-order valence-corrected chi connectivity index (χ4v) is 4.49. The molecule has 1 aliphatic heterocycles. The number of hydrogen-bond donors (Lipinski definition) is 2. The SMILES string of the molecule is Cc1c[nH]c2c(-c3c(F)cc4c(c3F)C[C@H](N(C)C)C(C)(C)N4O)cccc12. The number of anilines is 1. The molecule has 0 saturated carbocycles. The van der Waals surface area contributed by atoms with Crippen molar-refractivity contribution in [2.24, 2.45) is 0 Å². The van der Waals surface area contributed by atoms with E-state index in [0.717, 1.165) is 16.0 Å². The summed E-state index contributed by atoms with van der Waals surface area (Å²) < 4.78 is 30.8. The number of benzene rings is 2. The van der Waals surface area contributed by atoms with Crippen LogP contribution in [-0.4, -0.2) is 40.8 Å². The first kappa shape index (κ1) is 18.9. The van der Waals surface area contributed by atoms with Crippen LogP contribution in [0, 0.1) is 18.6 Å². The molecule has 148 valence electrons. The van der Waals surface area contributed by atoms with Crippen LogP contribution in [0.1, 0.15) is 25.0 Å². The summed E-state index contributed by atoms with van der Waals surface area (Å²) in [5.74, 6) is -1.30. The van der Waals surface area contributed by atoms with Crippen LogP contribution >= 0.6 is 0 Å². The van der Waals surface area contributed by atoms with Crippen molar-refractivity contribution >= 4 is 16.6 Å². The zero-order valence-corrected chi connectivity index (χ0v) is 16.8. The predicted molar refractivity (Wildman–Crippen MR) is 108 cm³/mol. The summed E-state index contributed by atoms with van der Waals surface area (Å²) >= 11 is 0. The van der Waals surface area contributed by atoms with E-state index in [1.807, 2.05) is 52.0 Å². The summed E-state index contributed by atoms with van der Waals surface area (Å²) in [5, 5.41) is 12.7. The van der Waals surface area contributed by atoms with E-state index in [1.54, 1.807) is 12.1 Å². The second-order valence-electron chi connectivity index (χ2n) is 8.39. The van der Waals surface area contributed by atoms with Gasteiger partial charge in [-0.25, -0.2) is 13.8 Å². The Morgan fingerprint density at radius 2 is 1.96 bits per heavy atom. The van der Waals surface area contributed by atoms with Gasteiger partial charge in [0.05, 0.1) is 22.3 Å². The molecule has 2 aromatic carbocycles. The van der Waals surface area contributed by atoms with Crippen molar-refractivity contribution in [3.8, 4) is 11.1 Å². The number of aromatic amines is 1. The number of likely N-dealkylation sites (N-methyl/N-ethyl adjacent to an activating group) is 1. The van der Waals surface area contributed by atoms with Crippen molar-refractivity contribution in [2.45, 2.75) is 38.8 Å². The van der Waals surface area contributed by atoms with Crippen molar-refractivity contribution in [3.63, 3.8) is 0 Å². The lowest BCUT2D eigenvalue weighted by Crippen LogP contribution is -2.60. The number of fused-ring (bicyclic) bond motifs is 2. The first-order chi connectivity index (χ1) is 13.1. The lowest BCUT2D eigenvalue weighted by atomic mass is 9.81. The smallest absolute Gasteiger partial charge is 0.139 e. The number of hydroxylamine groups is 1. The van der Waals surface area contributed by atoms with Gasteiger partial charge in [0, 0.05) is 34.8 Å². The molecule has 1 aliphatic rings. The van der Waals surface area contributed by atoms with Crippen LogP contribution in [0.15, 0.2) is 30.5 Å². The Bertz CT molecular complexity index is 1070. The van der Waals surface area contributed by atoms with Gasteiger partial charge < -0.3 is 9.88 Å². The molecule has 2 heterocycles. The second-order valence-corrected chi connectivity index (χ2v) is 8.39. The molecule has 4 nitrogen and oxygen atoms in total. The highest BCUT2D eigenvalue weighted by molar-refractivity contribution is 5.96. The van der Waals surface area contributed by atoms with E-state index < -0.39 is 17.2 Å². The van der Waals surface area contributed by atoms with Crippen LogP contribution in [0.4, 0.5) is 14.5 Å². The topological polar surface area (TPSA) is 42.5 Å². The standard InChI is InChI=1S/C22H25F2N3O/c1-12-11-25-21-13(12)7-6-8-14(21)19-16(23)10-17-15(20(19)24)9-18(26(4)5)22(2,3)27(17)28/h6-8,10-11,18,25,28H,9H2,1-5H3/t18-/m0/s1. The van der Waals surface area contributed by atoms with Crippen LogP contribution in [0.25, 0.3) is 22.0 Å². The van der Waals surface area contributed by atoms with E-state index in [9.17, 15) is 5.21 Å². The molecule has 1 atom stereocenters. The molecular weight excluding hydrogens is 360 g/mol. The molecule has 0 saturated heterocycles. The maximum absolute atomic E-state index is 15.7. The molecule has 0 amide bonds. The lowest BCUT2D eigenvalue weighted by molar-refractivity contribution is 0.0839. The van der Waals surface area contributed by atoms with Gasteiger partial charge in [0.2, 0.25) is 0 Å². The maximum atomic E-state index is 15.7. The van der Waals surface area contributed by atoms with Crippen LogP contribution in [-0.2, 0) is 6.42 Å². The molecular formula is C22H25F2N3O. The quantitative estimate of drug-likeness (QED) is 0.661. The minimum absolute atomic E-state index is 0.0585. The highest BCUT2D eigenvalue weighted by Crippen LogP contribution is 2.43. The van der Waals surface area contributed by atoms with E-state index in [0.29, 0.717) is 23.1 Å². The molecule has 0 fully saturated rings. The van der Waals surface area contributed by atoms with Gasteiger partial charge >= 0.3 is 0 Å². The number of halogens is 2. The van der Waals surface area contributed by atoms with Gasteiger partial charge in [-0.3, -0.25) is 5.21 Å². The van der Waals surface area contributed by atoms with Gasteiger partial charge in [0.1, 0.15) is 11.6 Å². The van der Waals surface area contributed by atoms with E-state index in [4.69, 9.17) is 0 Å². The third-order valence-electron chi connectivity index (χ3n) is 6.10. The molecule has 0 unspecified atom stereocenters. The Morgan fingerprint density at radius 1 is 1.25 bits per heavy atom. The molecule has 0 radical (unpaired) electrons. The molecule has 28 heavy (non-hydrogen) atoms. The normalized spacial score (nSPS) is 18.8. The van der Waals surface area contributed by atoms with Crippen molar-refractivity contribution < 1.29 is 14.0 Å². The Labute approximate surface area is 163 Å². The van der Waals surface area contributed by atoms with Gasteiger partial charge in [0.25, 0.3) is 0 Å². The van der Waals surface area contributed by atoms with Crippen LogP contribution in [0.5, 0.6) is 0 Å². The number of nitrogens with one attached hydrogen (secondary N) is 1. The van der Waals surface area contributed by atoms with Gasteiger partial charge in [-0.2, -0.15) is 0 Å². The van der Waals surface area contributed by atoms with E-state index in [2.05, 4.69) is 4.98 Å². The third kappa shape index (κ3) is 2.55. The summed E-state index contributed by atoms with van der Waals surface area (Å²) in [6.45, 7) is 5.69. The summed E-state index contributed by atoms with van der Waals surface area (Å²) in [6, 6.07) is 6.57. The maximum Gasteiger partial charge on any atom is 0.139 e. The second kappa shape index (κ2) is 6.29. The Morgan fingerprint density at radius 3 is 2.64 bits per heavy atom. The van der Waals surface area contributed by atoms with Crippen LogP contribution in [0.2, 0.25) is 0 Å². The van der Waals surface area contributed by atoms with Gasteiger partial charge in [-0.05, 0) is 46.9 Å².